The van der Waals surface area contributed by atoms with E-state index >= 15 is 0 Å². The Kier molecular flexibility index (Phi) is 8.51. The van der Waals surface area contributed by atoms with E-state index in [0.29, 0.717) is 10.6 Å². The van der Waals surface area contributed by atoms with Gasteiger partial charge in [0.15, 0.2) is 0 Å². The van der Waals surface area contributed by atoms with E-state index in [-0.39, 0.29) is 43.8 Å². The molecule has 0 saturated carbocycles. The zero-order valence-electron chi connectivity index (χ0n) is 20.6. The van der Waals surface area contributed by atoms with Gasteiger partial charge < -0.3 is 9.64 Å². The molecule has 2 amide bonds. The van der Waals surface area contributed by atoms with Crippen molar-refractivity contribution in [2.24, 2.45) is 0 Å². The maximum Gasteiger partial charge on any atom is 0.229 e. The molecule has 188 valence electrons. The van der Waals surface area contributed by atoms with Crippen LogP contribution in [0.4, 0.5) is 11.4 Å². The maximum atomic E-state index is 13.8. The number of unbranched alkanes of at least 4 members (excludes halogenated alkanes) is 1. The van der Waals surface area contributed by atoms with Gasteiger partial charge in [-0.2, -0.15) is 0 Å². The molecule has 2 atom stereocenters. The molecule has 2 heterocycles. The van der Waals surface area contributed by atoms with Gasteiger partial charge in [-0.25, -0.2) is 8.51 Å². The maximum absolute atomic E-state index is 13.8. The predicted octanol–water partition coefficient (Wildman–Crippen LogP) is 4.60. The SMILES string of the molecule is CCCCC1CN(c2ccccc2)c2cc(SC)c(OCCN3C(=O)CCC3=O)cc2S(=O)N1C. The summed E-state index contributed by atoms with van der Waals surface area (Å²) in [5, 5.41) is 0. The lowest BCUT2D eigenvalue weighted by atomic mass is 10.1. The third-order valence-electron chi connectivity index (χ3n) is 6.58. The van der Waals surface area contributed by atoms with Gasteiger partial charge in [-0.05, 0) is 30.9 Å². The van der Waals surface area contributed by atoms with E-state index in [0.717, 1.165) is 42.1 Å². The summed E-state index contributed by atoms with van der Waals surface area (Å²) >= 11 is 1.56. The van der Waals surface area contributed by atoms with Crippen molar-refractivity contribution in [1.29, 1.82) is 0 Å². The third-order valence-corrected chi connectivity index (χ3v) is 8.86. The lowest BCUT2D eigenvalue weighted by Crippen LogP contribution is -2.38. The van der Waals surface area contributed by atoms with Crippen LogP contribution in [0, 0.1) is 0 Å². The molecule has 2 unspecified atom stereocenters. The number of amides is 2. The molecule has 2 aliphatic rings. The molecule has 2 aromatic carbocycles. The minimum Gasteiger partial charge on any atom is -0.491 e. The third kappa shape index (κ3) is 5.57. The molecular formula is C26H33N3O4S2. The van der Waals surface area contributed by atoms with Crippen LogP contribution in [0.25, 0.3) is 0 Å². The highest BCUT2D eigenvalue weighted by molar-refractivity contribution is 7.98. The van der Waals surface area contributed by atoms with Crippen LogP contribution in [0.15, 0.2) is 52.3 Å². The van der Waals surface area contributed by atoms with Crippen LogP contribution < -0.4 is 9.64 Å². The van der Waals surface area contributed by atoms with E-state index in [1.807, 2.05) is 41.9 Å². The summed E-state index contributed by atoms with van der Waals surface area (Å²) in [6, 6.07) is 14.3. The first kappa shape index (κ1) is 25.7. The standard InChI is InChI=1S/C26H33N3O4S2/c1-4-5-9-20-18-29(19-10-7-6-8-11-19)21-16-23(34-3)22(17-24(21)35(32)27(20)2)33-15-14-28-25(30)12-13-26(28)31/h6-8,10-11,16-17,20H,4-5,9,12-15,18H2,1-3H3. The van der Waals surface area contributed by atoms with Crippen molar-refractivity contribution >= 4 is 45.9 Å². The fourth-order valence-corrected chi connectivity index (χ4v) is 6.41. The number of likely N-dealkylation sites (N-methyl/N-ethyl adjacent to an activating group) is 1. The molecule has 35 heavy (non-hydrogen) atoms. The number of carbonyl (C=O) groups excluding carboxylic acids is 2. The highest BCUT2D eigenvalue weighted by Gasteiger charge is 2.33. The average Bonchev–Trinajstić information content (AvgIpc) is 3.15. The molecular weight excluding hydrogens is 482 g/mol. The second-order valence-electron chi connectivity index (χ2n) is 8.80. The van der Waals surface area contributed by atoms with Crippen molar-refractivity contribution in [2.45, 2.75) is 54.9 Å². The van der Waals surface area contributed by atoms with Crippen molar-refractivity contribution < 1.29 is 18.5 Å². The van der Waals surface area contributed by atoms with Crippen molar-refractivity contribution in [2.75, 3.05) is 37.9 Å². The number of hydrogen-bond donors (Lipinski definition) is 0. The van der Waals surface area contributed by atoms with Gasteiger partial charge in [0.1, 0.15) is 23.3 Å². The zero-order valence-corrected chi connectivity index (χ0v) is 22.2. The van der Waals surface area contributed by atoms with Crippen LogP contribution in [0.5, 0.6) is 5.75 Å². The van der Waals surface area contributed by atoms with Crippen molar-refractivity contribution in [3.63, 3.8) is 0 Å². The van der Waals surface area contributed by atoms with Gasteiger partial charge >= 0.3 is 0 Å². The molecule has 0 bridgehead atoms. The fourth-order valence-electron chi connectivity index (χ4n) is 4.55. The van der Waals surface area contributed by atoms with Gasteiger partial charge in [0, 0.05) is 44.2 Å². The number of ether oxygens (including phenoxy) is 1. The van der Waals surface area contributed by atoms with Crippen molar-refractivity contribution in [1.82, 2.24) is 9.21 Å². The van der Waals surface area contributed by atoms with Gasteiger partial charge in [-0.3, -0.25) is 14.5 Å². The van der Waals surface area contributed by atoms with Crippen LogP contribution in [-0.4, -0.2) is 64.3 Å². The number of imide groups is 1. The summed E-state index contributed by atoms with van der Waals surface area (Å²) in [5.41, 5.74) is 1.98. The van der Waals surface area contributed by atoms with Gasteiger partial charge in [-0.1, -0.05) is 38.0 Å². The smallest absolute Gasteiger partial charge is 0.229 e. The lowest BCUT2D eigenvalue weighted by Gasteiger charge is -2.30. The Morgan fingerprint density at radius 3 is 2.49 bits per heavy atom. The van der Waals surface area contributed by atoms with E-state index in [2.05, 4.69) is 30.0 Å². The number of hydrogen-bond acceptors (Lipinski definition) is 6. The summed E-state index contributed by atoms with van der Waals surface area (Å²) in [5.74, 6) is 0.326. The molecule has 0 radical (unpaired) electrons. The number of anilines is 2. The number of benzene rings is 2. The summed E-state index contributed by atoms with van der Waals surface area (Å²) in [7, 11) is 0.572. The Hall–Kier alpha value is -2.36. The van der Waals surface area contributed by atoms with Crippen LogP contribution >= 0.6 is 11.8 Å². The molecule has 0 aliphatic carbocycles. The molecule has 7 nitrogen and oxygen atoms in total. The number of nitrogens with zero attached hydrogens (tertiary/aromatic N) is 3. The minimum atomic E-state index is -1.36. The molecule has 1 fully saturated rings. The summed E-state index contributed by atoms with van der Waals surface area (Å²) in [4.78, 5) is 29.0. The van der Waals surface area contributed by atoms with Crippen LogP contribution in [0.1, 0.15) is 39.0 Å². The van der Waals surface area contributed by atoms with E-state index in [1.165, 1.54) is 4.90 Å². The number of likely N-dealkylation sites (tertiary alicyclic amines) is 1. The van der Waals surface area contributed by atoms with E-state index in [9.17, 15) is 13.8 Å². The Bertz CT molecular complexity index is 1080. The Balaban J connectivity index is 1.67. The summed E-state index contributed by atoms with van der Waals surface area (Å²) in [6.45, 7) is 3.34. The molecule has 9 heteroatoms. The van der Waals surface area contributed by atoms with Gasteiger partial charge in [0.2, 0.25) is 11.8 Å². The number of para-hydroxylation sites is 1. The highest BCUT2D eigenvalue weighted by Crippen LogP contribution is 2.42. The van der Waals surface area contributed by atoms with Gasteiger partial charge in [0.25, 0.3) is 0 Å². The van der Waals surface area contributed by atoms with Crippen LogP contribution in [-0.2, 0) is 20.6 Å². The topological polar surface area (TPSA) is 70.2 Å². The quantitative estimate of drug-likeness (QED) is 0.359. The first-order chi connectivity index (χ1) is 16.9. The van der Waals surface area contributed by atoms with Crippen molar-refractivity contribution in [3.8, 4) is 5.75 Å². The van der Waals surface area contributed by atoms with E-state index in [1.54, 1.807) is 11.8 Å². The minimum absolute atomic E-state index is 0.137. The number of carbonyl (C=O) groups is 2. The largest absolute Gasteiger partial charge is 0.491 e. The molecule has 0 aromatic heterocycles. The average molecular weight is 516 g/mol. The second kappa shape index (κ2) is 11.6. The first-order valence-electron chi connectivity index (χ1n) is 12.1. The summed E-state index contributed by atoms with van der Waals surface area (Å²) < 4.78 is 21.8. The molecule has 0 N–H and O–H groups in total. The van der Waals surface area contributed by atoms with Gasteiger partial charge in [0.05, 0.1) is 22.0 Å². The fraction of sp³-hybridized carbons (Fsp3) is 0.462. The van der Waals surface area contributed by atoms with Crippen molar-refractivity contribution in [3.05, 3.63) is 42.5 Å². The molecule has 1 saturated heterocycles. The molecule has 0 spiro atoms. The number of thioether (sulfide) groups is 1. The predicted molar refractivity (Wildman–Crippen MR) is 141 cm³/mol. The molecule has 2 aliphatic heterocycles. The number of fused-ring (bicyclic) bond motifs is 1. The first-order valence-corrected chi connectivity index (χ1v) is 14.4. The van der Waals surface area contributed by atoms with Gasteiger partial charge in [-0.15, -0.1) is 11.8 Å². The lowest BCUT2D eigenvalue weighted by molar-refractivity contribution is -0.138. The van der Waals surface area contributed by atoms with Crippen LogP contribution in [0.3, 0.4) is 0 Å². The molecule has 2 aromatic rings. The van der Waals surface area contributed by atoms with Crippen LogP contribution in [0.2, 0.25) is 0 Å². The van der Waals surface area contributed by atoms with E-state index in [4.69, 9.17) is 4.74 Å². The highest BCUT2D eigenvalue weighted by atomic mass is 32.2. The van der Waals surface area contributed by atoms with E-state index < -0.39 is 11.0 Å². The molecule has 4 rings (SSSR count). The normalized spacial score (nSPS) is 20.8. The monoisotopic (exact) mass is 515 g/mol. The zero-order chi connectivity index (χ0) is 24.9. The second-order valence-corrected chi connectivity index (χ2v) is 11.2. The Labute approximate surface area is 214 Å². The Morgan fingerprint density at radius 2 is 1.83 bits per heavy atom. The Morgan fingerprint density at radius 1 is 1.11 bits per heavy atom. The summed E-state index contributed by atoms with van der Waals surface area (Å²) in [6.07, 6.45) is 5.65. The number of rotatable bonds is 9.